The van der Waals surface area contributed by atoms with Gasteiger partial charge in [0.1, 0.15) is 5.82 Å². The van der Waals surface area contributed by atoms with Crippen LogP contribution in [-0.4, -0.2) is 41.5 Å². The van der Waals surface area contributed by atoms with Crippen LogP contribution >= 0.6 is 0 Å². The molecule has 0 unspecified atom stereocenters. The maximum atomic E-state index is 13.2. The highest BCUT2D eigenvalue weighted by atomic mass is 19.1. The first-order chi connectivity index (χ1) is 14.1. The summed E-state index contributed by atoms with van der Waals surface area (Å²) in [5.41, 5.74) is 2.20. The van der Waals surface area contributed by atoms with E-state index in [-0.39, 0.29) is 17.6 Å². The second-order valence-corrected chi connectivity index (χ2v) is 7.44. The zero-order valence-electron chi connectivity index (χ0n) is 16.3. The summed E-state index contributed by atoms with van der Waals surface area (Å²) in [5, 5.41) is 0.724. The molecule has 29 heavy (non-hydrogen) atoms. The molecule has 0 saturated carbocycles. The molecule has 0 spiro atoms. The summed E-state index contributed by atoms with van der Waals surface area (Å²) in [6.07, 6.45) is 3.10. The zero-order valence-corrected chi connectivity index (χ0v) is 16.3. The van der Waals surface area contributed by atoms with E-state index in [4.69, 9.17) is 4.74 Å². The lowest BCUT2D eigenvalue weighted by Gasteiger charge is -2.31. The Balaban J connectivity index is 1.47. The van der Waals surface area contributed by atoms with E-state index in [2.05, 4.69) is 4.90 Å². The summed E-state index contributed by atoms with van der Waals surface area (Å²) in [6, 6.07) is 13.9. The van der Waals surface area contributed by atoms with Crippen LogP contribution in [0.3, 0.4) is 0 Å². The molecule has 1 fully saturated rings. The molecule has 2 heterocycles. The number of rotatable bonds is 4. The molecule has 0 amide bonds. The average Bonchev–Trinajstić information content (AvgIpc) is 3.14. The van der Waals surface area contributed by atoms with Crippen LogP contribution in [0.4, 0.5) is 4.39 Å². The van der Waals surface area contributed by atoms with Gasteiger partial charge >= 0.3 is 5.97 Å². The molecule has 0 N–H and O–H groups in total. The van der Waals surface area contributed by atoms with Gasteiger partial charge in [-0.1, -0.05) is 30.3 Å². The highest BCUT2D eigenvalue weighted by molar-refractivity contribution is 6.07. The van der Waals surface area contributed by atoms with Gasteiger partial charge in [0.25, 0.3) is 0 Å². The Bertz CT molecular complexity index is 1030. The van der Waals surface area contributed by atoms with Crippen LogP contribution in [0.5, 0.6) is 0 Å². The van der Waals surface area contributed by atoms with Crippen molar-refractivity contribution in [2.75, 3.05) is 20.2 Å². The molecule has 0 bridgehead atoms. The van der Waals surface area contributed by atoms with Crippen molar-refractivity contribution in [3.05, 3.63) is 71.7 Å². The number of hydrogen-bond acceptors (Lipinski definition) is 4. The van der Waals surface area contributed by atoms with Gasteiger partial charge in [-0.3, -0.25) is 14.3 Å². The van der Waals surface area contributed by atoms with Crippen LogP contribution in [0.1, 0.15) is 33.6 Å². The Morgan fingerprint density at radius 1 is 1.07 bits per heavy atom. The van der Waals surface area contributed by atoms with Crippen LogP contribution in [-0.2, 0) is 11.3 Å². The molecular formula is C23H23FN2O3. The Hall–Kier alpha value is -2.99. The SMILES string of the molecule is COC(=O)c1cn(C(=O)C2CCN(Cc3ccc(F)cc3)CC2)c2ccccc12. The van der Waals surface area contributed by atoms with Crippen LogP contribution < -0.4 is 0 Å². The van der Waals surface area contributed by atoms with Crippen molar-refractivity contribution in [3.8, 4) is 0 Å². The first kappa shape index (κ1) is 19.3. The molecule has 2 aromatic carbocycles. The minimum atomic E-state index is -0.443. The van der Waals surface area contributed by atoms with E-state index in [0.717, 1.165) is 48.9 Å². The molecular weight excluding hydrogens is 371 g/mol. The third kappa shape index (κ3) is 3.93. The molecule has 1 aliphatic rings. The lowest BCUT2D eigenvalue weighted by molar-refractivity contribution is 0.0603. The molecule has 150 valence electrons. The van der Waals surface area contributed by atoms with Crippen LogP contribution in [0.2, 0.25) is 0 Å². The number of aromatic nitrogens is 1. The fourth-order valence-corrected chi connectivity index (χ4v) is 4.02. The largest absolute Gasteiger partial charge is 0.465 e. The van der Waals surface area contributed by atoms with Gasteiger partial charge in [0, 0.05) is 24.0 Å². The number of benzene rings is 2. The van der Waals surface area contributed by atoms with Gasteiger partial charge in [0.15, 0.2) is 0 Å². The average molecular weight is 394 g/mol. The fraction of sp³-hybridized carbons (Fsp3) is 0.304. The number of para-hydroxylation sites is 1. The van der Waals surface area contributed by atoms with Crippen molar-refractivity contribution in [2.24, 2.45) is 5.92 Å². The second-order valence-electron chi connectivity index (χ2n) is 7.44. The number of nitrogens with zero attached hydrogens (tertiary/aromatic N) is 2. The number of methoxy groups -OCH3 is 1. The summed E-state index contributed by atoms with van der Waals surface area (Å²) in [7, 11) is 1.34. The summed E-state index contributed by atoms with van der Waals surface area (Å²) in [5.74, 6) is -0.760. The van der Waals surface area contributed by atoms with Gasteiger partial charge in [-0.25, -0.2) is 9.18 Å². The van der Waals surface area contributed by atoms with E-state index in [9.17, 15) is 14.0 Å². The van der Waals surface area contributed by atoms with E-state index in [0.29, 0.717) is 5.56 Å². The van der Waals surface area contributed by atoms with Gasteiger partial charge in [-0.2, -0.15) is 0 Å². The van der Waals surface area contributed by atoms with Crippen molar-refractivity contribution in [3.63, 3.8) is 0 Å². The summed E-state index contributed by atoms with van der Waals surface area (Å²) in [4.78, 5) is 27.6. The predicted molar refractivity (Wildman–Crippen MR) is 108 cm³/mol. The first-order valence-electron chi connectivity index (χ1n) is 9.76. The molecule has 4 rings (SSSR count). The van der Waals surface area contributed by atoms with Crippen LogP contribution in [0.15, 0.2) is 54.7 Å². The Labute approximate surface area is 168 Å². The molecule has 6 heteroatoms. The lowest BCUT2D eigenvalue weighted by atomic mass is 9.95. The molecule has 1 aromatic heterocycles. The molecule has 5 nitrogen and oxygen atoms in total. The fourth-order valence-electron chi connectivity index (χ4n) is 4.02. The molecule has 1 aliphatic heterocycles. The lowest BCUT2D eigenvalue weighted by Crippen LogP contribution is -2.37. The van der Waals surface area contributed by atoms with Crippen molar-refractivity contribution in [1.29, 1.82) is 0 Å². The number of piperidine rings is 1. The van der Waals surface area contributed by atoms with Crippen LogP contribution in [0, 0.1) is 11.7 Å². The second kappa shape index (κ2) is 8.17. The van der Waals surface area contributed by atoms with E-state index >= 15 is 0 Å². The van der Waals surface area contributed by atoms with Crippen molar-refractivity contribution in [2.45, 2.75) is 19.4 Å². The quantitative estimate of drug-likeness (QED) is 0.625. The first-order valence-corrected chi connectivity index (χ1v) is 9.76. The van der Waals surface area contributed by atoms with Crippen LogP contribution in [0.25, 0.3) is 10.9 Å². The standard InChI is InChI=1S/C23H23FN2O3/c1-29-23(28)20-15-26(21-5-3-2-4-19(20)21)22(27)17-10-12-25(13-11-17)14-16-6-8-18(24)9-7-16/h2-9,15,17H,10-14H2,1H3. The third-order valence-corrected chi connectivity index (χ3v) is 5.61. The van der Waals surface area contributed by atoms with Crippen molar-refractivity contribution >= 4 is 22.8 Å². The normalized spacial score (nSPS) is 15.5. The van der Waals surface area contributed by atoms with Gasteiger partial charge in [0.2, 0.25) is 5.91 Å². The summed E-state index contributed by atoms with van der Waals surface area (Å²) >= 11 is 0. The van der Waals surface area contributed by atoms with Gasteiger partial charge in [-0.15, -0.1) is 0 Å². The molecule has 0 aliphatic carbocycles. The topological polar surface area (TPSA) is 51.5 Å². The third-order valence-electron chi connectivity index (χ3n) is 5.61. The molecule has 1 saturated heterocycles. The zero-order chi connectivity index (χ0) is 20.4. The van der Waals surface area contributed by atoms with Gasteiger partial charge in [-0.05, 0) is 49.7 Å². The predicted octanol–water partition coefficient (Wildman–Crippen LogP) is 4.12. The van der Waals surface area contributed by atoms with E-state index in [1.165, 1.54) is 19.2 Å². The smallest absolute Gasteiger partial charge is 0.340 e. The number of carbonyl (C=O) groups excluding carboxylic acids is 2. The number of esters is 1. The minimum absolute atomic E-state index is 0.0118. The number of fused-ring (bicyclic) bond motifs is 1. The van der Waals surface area contributed by atoms with Crippen molar-refractivity contribution < 1.29 is 18.7 Å². The number of halogens is 1. The molecule has 0 atom stereocenters. The van der Waals surface area contributed by atoms with Gasteiger partial charge in [0.05, 0.1) is 18.2 Å². The highest BCUT2D eigenvalue weighted by Crippen LogP contribution is 2.26. The number of ether oxygens (including phenoxy) is 1. The molecule has 0 radical (unpaired) electrons. The Kier molecular flexibility index (Phi) is 5.45. The monoisotopic (exact) mass is 394 g/mol. The number of hydrogen-bond donors (Lipinski definition) is 0. The Morgan fingerprint density at radius 2 is 1.76 bits per heavy atom. The maximum absolute atomic E-state index is 13.2. The molecule has 3 aromatic rings. The Morgan fingerprint density at radius 3 is 2.45 bits per heavy atom. The maximum Gasteiger partial charge on any atom is 0.340 e. The summed E-state index contributed by atoms with van der Waals surface area (Å²) in [6.45, 7) is 2.35. The number of carbonyl (C=O) groups is 2. The minimum Gasteiger partial charge on any atom is -0.465 e. The van der Waals surface area contributed by atoms with E-state index in [1.807, 2.05) is 24.3 Å². The van der Waals surface area contributed by atoms with Crippen molar-refractivity contribution in [1.82, 2.24) is 9.47 Å². The van der Waals surface area contributed by atoms with Gasteiger partial charge < -0.3 is 4.74 Å². The highest BCUT2D eigenvalue weighted by Gasteiger charge is 2.28. The van der Waals surface area contributed by atoms with E-state index in [1.54, 1.807) is 22.9 Å². The summed E-state index contributed by atoms with van der Waals surface area (Å²) < 4.78 is 19.5. The number of likely N-dealkylation sites (tertiary alicyclic amines) is 1. The van der Waals surface area contributed by atoms with E-state index < -0.39 is 5.97 Å².